The summed E-state index contributed by atoms with van der Waals surface area (Å²) >= 11 is 0. The summed E-state index contributed by atoms with van der Waals surface area (Å²) in [5, 5.41) is 4.84. The van der Waals surface area contributed by atoms with Gasteiger partial charge in [-0.2, -0.15) is 0 Å². The van der Waals surface area contributed by atoms with Gasteiger partial charge in [-0.25, -0.2) is 0 Å². The number of benzene rings is 10. The highest BCUT2D eigenvalue weighted by Gasteiger charge is 2.47. The van der Waals surface area contributed by atoms with Gasteiger partial charge in [0.1, 0.15) is 11.5 Å². The minimum Gasteiger partial charge on any atom is -0.458 e. The van der Waals surface area contributed by atoms with E-state index in [2.05, 4.69) is 305 Å². The van der Waals surface area contributed by atoms with E-state index in [-0.39, 0.29) is 28.4 Å². The number of rotatable bonds is 2. The van der Waals surface area contributed by atoms with Gasteiger partial charge in [-0.1, -0.05) is 230 Å². The van der Waals surface area contributed by atoms with Gasteiger partial charge in [-0.05, 0) is 149 Å². The van der Waals surface area contributed by atoms with Crippen LogP contribution in [0, 0.1) is 0 Å². The number of ether oxygens (including phenoxy) is 1. The van der Waals surface area contributed by atoms with Gasteiger partial charge in [0, 0.05) is 55.3 Å². The summed E-state index contributed by atoms with van der Waals surface area (Å²) in [7, 11) is 0. The van der Waals surface area contributed by atoms with Crippen LogP contribution in [0.25, 0.3) is 77.2 Å². The Morgan fingerprint density at radius 3 is 1.44 bits per heavy atom. The fourth-order valence-corrected chi connectivity index (χ4v) is 14.4. The molecule has 0 aliphatic carbocycles. The molecule has 4 aliphatic heterocycles. The summed E-state index contributed by atoms with van der Waals surface area (Å²) in [5.41, 5.74) is 25.6. The third-order valence-corrected chi connectivity index (χ3v) is 19.2. The second-order valence-corrected chi connectivity index (χ2v) is 29.1. The molecule has 84 heavy (non-hydrogen) atoms. The van der Waals surface area contributed by atoms with Crippen LogP contribution in [-0.4, -0.2) is 15.8 Å². The van der Waals surface area contributed by atoms with Gasteiger partial charge in [-0.15, -0.1) is 0 Å². The van der Waals surface area contributed by atoms with E-state index in [0.29, 0.717) is 0 Å². The Morgan fingerprint density at radius 2 is 0.869 bits per heavy atom. The molecule has 0 N–H and O–H groups in total. The van der Waals surface area contributed by atoms with Crippen molar-refractivity contribution >= 4 is 83.8 Å². The van der Waals surface area contributed by atoms with Crippen LogP contribution in [0.2, 0.25) is 0 Å². The zero-order valence-corrected chi connectivity index (χ0v) is 51.3. The molecule has 6 heterocycles. The molecule has 0 amide bonds. The number of aromatic nitrogens is 2. The Bertz CT molecular complexity index is 4730. The molecule has 12 aromatic rings. The largest absolute Gasteiger partial charge is 0.458 e. The van der Waals surface area contributed by atoms with Gasteiger partial charge >= 0.3 is 0 Å². The molecule has 0 saturated carbocycles. The quantitative estimate of drug-likeness (QED) is 0.161. The number of hydrogen-bond acceptors (Lipinski definition) is 2. The molecule has 0 atom stereocenters. The van der Waals surface area contributed by atoms with Crippen molar-refractivity contribution in [3.63, 3.8) is 0 Å². The molecule has 2 aromatic heterocycles. The molecule has 4 bridgehead atoms. The molecule has 0 fully saturated rings. The van der Waals surface area contributed by atoms with E-state index >= 15 is 0 Å². The second kappa shape index (κ2) is 17.8. The highest BCUT2D eigenvalue weighted by molar-refractivity contribution is 6.99. The van der Waals surface area contributed by atoms with Gasteiger partial charge in [0.25, 0.3) is 6.71 Å². The molecule has 4 nitrogen and oxygen atoms in total. The lowest BCUT2D eigenvalue weighted by atomic mass is 9.33. The number of hydrogen-bond donors (Lipinski definition) is 0. The fourth-order valence-electron chi connectivity index (χ4n) is 14.4. The van der Waals surface area contributed by atoms with E-state index in [1.807, 2.05) is 0 Å². The topological polar surface area (TPSA) is 22.3 Å². The molecule has 5 heteroatoms. The van der Waals surface area contributed by atoms with Crippen LogP contribution in [0.3, 0.4) is 0 Å². The smallest absolute Gasteiger partial charge is 0.256 e. The minimum atomic E-state index is -0.609. The lowest BCUT2D eigenvalue weighted by Crippen LogP contribution is -2.60. The fraction of sp³-hybridized carbons (Fsp3) is 0.241. The van der Waals surface area contributed by atoms with Crippen molar-refractivity contribution in [2.75, 3.05) is 4.90 Å². The summed E-state index contributed by atoms with van der Waals surface area (Å²) in [4.78, 5) is 2.57. The van der Waals surface area contributed by atoms with Crippen LogP contribution in [0.1, 0.15) is 130 Å². The van der Waals surface area contributed by atoms with E-state index in [0.717, 1.165) is 50.8 Å². The Morgan fingerprint density at radius 1 is 0.381 bits per heavy atom. The molecular weight excluding hydrogens is 1020 g/mol. The SMILES string of the molecule is CC(C)(C)c1ccc(-c2cc3cc(c2)-n2c4ccccc4c4ccc5c6ccccc6n(c5c42)-c2cc4c5c(c2C(C)(C)c2ccc-3cc2)Oc2ccc(C(C)(C)C)cc2B5c2cc(C(C)(C)C)ccc2N4c2ccc(C(C)(C)C)cc2)cc1. The molecule has 0 saturated heterocycles. The van der Waals surface area contributed by atoms with Crippen molar-refractivity contribution in [3.05, 3.63) is 228 Å². The second-order valence-electron chi connectivity index (χ2n) is 29.1. The maximum Gasteiger partial charge on any atom is 0.256 e. The maximum atomic E-state index is 7.94. The zero-order chi connectivity index (χ0) is 58.3. The van der Waals surface area contributed by atoms with Crippen LogP contribution < -0.4 is 26.0 Å². The molecule has 0 spiro atoms. The van der Waals surface area contributed by atoms with Crippen molar-refractivity contribution in [2.24, 2.45) is 0 Å². The van der Waals surface area contributed by atoms with Crippen LogP contribution in [0.4, 0.5) is 17.1 Å². The first-order chi connectivity index (χ1) is 39.9. The van der Waals surface area contributed by atoms with E-state index in [1.54, 1.807) is 0 Å². The first kappa shape index (κ1) is 52.3. The standard InChI is InChI=1S/C79H74BN3O/c1-75(2,3)51-27-23-47(24-28-51)49-41-50-43-57(42-49)82-64-21-17-15-19-58(64)60-37-38-61-59-20-16-18-22-65(59)83(73(61)72(60)82)67-46-68-71-74(70(67)79(13,14)53-29-25-48(50)26-30-53)84-69-40-34-55(78(10,11)12)45-63(69)80(71)62-44-54(77(7,8)9)33-39-66(62)81(68)56-35-31-52(32-36-56)76(4,5)6/h15-46H,1-14H3. The van der Waals surface area contributed by atoms with Crippen LogP contribution in [-0.2, 0) is 27.1 Å². The predicted octanol–water partition coefficient (Wildman–Crippen LogP) is 19.4. The number of anilines is 3. The lowest BCUT2D eigenvalue weighted by Gasteiger charge is -2.44. The minimum absolute atomic E-state index is 0.0173. The van der Waals surface area contributed by atoms with Crippen LogP contribution in [0.15, 0.2) is 194 Å². The van der Waals surface area contributed by atoms with Gasteiger partial charge in [0.2, 0.25) is 0 Å². The molecule has 414 valence electrons. The van der Waals surface area contributed by atoms with Crippen molar-refractivity contribution in [3.8, 4) is 45.1 Å². The Balaban J connectivity index is 1.13. The van der Waals surface area contributed by atoms with Crippen molar-refractivity contribution < 1.29 is 4.74 Å². The monoisotopic (exact) mass is 1090 g/mol. The summed E-state index contributed by atoms with van der Waals surface area (Å²) in [6.45, 7) is 32.5. The summed E-state index contributed by atoms with van der Waals surface area (Å²) in [6, 6.07) is 75.2. The molecule has 4 aliphatic rings. The first-order valence-corrected chi connectivity index (χ1v) is 30.4. The number of nitrogens with zero attached hydrogens (tertiary/aromatic N) is 3. The third kappa shape index (κ3) is 7.79. The molecular formula is C79H74BN3O. The molecule has 0 radical (unpaired) electrons. The Labute approximate surface area is 496 Å². The van der Waals surface area contributed by atoms with E-state index in [1.165, 1.54) is 105 Å². The van der Waals surface area contributed by atoms with Crippen LogP contribution >= 0.6 is 0 Å². The van der Waals surface area contributed by atoms with E-state index in [4.69, 9.17) is 4.74 Å². The van der Waals surface area contributed by atoms with Crippen molar-refractivity contribution in [1.29, 1.82) is 0 Å². The summed E-state index contributed by atoms with van der Waals surface area (Å²) in [5.74, 6) is 1.84. The maximum absolute atomic E-state index is 7.94. The highest BCUT2D eigenvalue weighted by Crippen LogP contribution is 2.53. The number of para-hydroxylation sites is 2. The predicted molar refractivity (Wildman–Crippen MR) is 359 cm³/mol. The summed E-state index contributed by atoms with van der Waals surface area (Å²) < 4.78 is 13.2. The van der Waals surface area contributed by atoms with Gasteiger partial charge in [-0.3, -0.25) is 0 Å². The third-order valence-electron chi connectivity index (χ3n) is 19.2. The van der Waals surface area contributed by atoms with Gasteiger partial charge < -0.3 is 18.8 Å². The normalized spacial score (nSPS) is 14.5. The van der Waals surface area contributed by atoms with E-state index < -0.39 is 5.41 Å². The van der Waals surface area contributed by atoms with Gasteiger partial charge in [0.15, 0.2) is 0 Å². The zero-order valence-electron chi connectivity index (χ0n) is 51.3. The summed E-state index contributed by atoms with van der Waals surface area (Å²) in [6.07, 6.45) is 0. The van der Waals surface area contributed by atoms with Crippen molar-refractivity contribution in [2.45, 2.75) is 124 Å². The van der Waals surface area contributed by atoms with E-state index in [9.17, 15) is 0 Å². The Hall–Kier alpha value is -8.54. The lowest BCUT2D eigenvalue weighted by molar-refractivity contribution is 0.465. The Kier molecular flexibility index (Phi) is 11.0. The first-order valence-electron chi connectivity index (χ1n) is 30.4. The average molecular weight is 1090 g/mol. The molecule has 10 aromatic carbocycles. The molecule has 16 rings (SSSR count). The average Bonchev–Trinajstić information content (AvgIpc) is 1.18. The molecule has 0 unspecified atom stereocenters. The highest BCUT2D eigenvalue weighted by atomic mass is 16.5. The van der Waals surface area contributed by atoms with Crippen molar-refractivity contribution in [1.82, 2.24) is 9.13 Å². The van der Waals surface area contributed by atoms with Gasteiger partial charge in [0.05, 0.1) is 27.8 Å². The van der Waals surface area contributed by atoms with Crippen LogP contribution in [0.5, 0.6) is 11.5 Å². The number of fused-ring (bicyclic) bond motifs is 10.